The Labute approximate surface area is 206 Å². The molecule has 11 nitrogen and oxygen atoms in total. The predicted octanol–water partition coefficient (Wildman–Crippen LogP) is 0.651. The van der Waals surface area contributed by atoms with Gasteiger partial charge in [-0.15, -0.1) is 0 Å². The molecule has 3 N–H and O–H groups in total. The van der Waals surface area contributed by atoms with Crippen LogP contribution in [0.3, 0.4) is 0 Å². The number of ether oxygens (including phenoxy) is 1. The molecule has 0 saturated heterocycles. The molecule has 0 unspecified atom stereocenters. The van der Waals surface area contributed by atoms with Crippen molar-refractivity contribution < 1.29 is 23.9 Å². The fourth-order valence-electron chi connectivity index (χ4n) is 3.09. The standard InChI is InChI=1S/C25H25N5O6/c1-30(2)19(31)15-36-20(32)14-27-25(35)22-26-13-18(24(34)29-22)23(33)28-21(16-9-5-3-6-10-16)17-11-7-4-8-12-17/h3-13,21H,14-15H2,1-2H3,(H,27,35)(H,28,33)(H,26,29,34). The fraction of sp³-hybridized carbons (Fsp3) is 0.200. The second-order valence-corrected chi connectivity index (χ2v) is 7.83. The Morgan fingerprint density at radius 2 is 1.53 bits per heavy atom. The number of nitrogens with zero attached hydrogens (tertiary/aromatic N) is 2. The molecule has 186 valence electrons. The number of aromatic amines is 1. The first-order valence-corrected chi connectivity index (χ1v) is 10.9. The van der Waals surface area contributed by atoms with Gasteiger partial charge in [0.05, 0.1) is 6.04 Å². The summed E-state index contributed by atoms with van der Waals surface area (Å²) in [7, 11) is 3.01. The summed E-state index contributed by atoms with van der Waals surface area (Å²) in [6.07, 6.45) is 0.990. The maximum atomic E-state index is 12.9. The molecular formula is C25H25N5O6. The monoisotopic (exact) mass is 491 g/mol. The van der Waals surface area contributed by atoms with Gasteiger partial charge in [-0.2, -0.15) is 0 Å². The molecule has 0 saturated carbocycles. The average Bonchev–Trinajstić information content (AvgIpc) is 2.89. The highest BCUT2D eigenvalue weighted by Gasteiger charge is 2.21. The van der Waals surface area contributed by atoms with Gasteiger partial charge in [-0.25, -0.2) is 4.98 Å². The Kier molecular flexibility index (Phi) is 8.65. The van der Waals surface area contributed by atoms with Crippen LogP contribution in [0.25, 0.3) is 0 Å². The Morgan fingerprint density at radius 3 is 2.06 bits per heavy atom. The Bertz CT molecular complexity index is 1250. The van der Waals surface area contributed by atoms with Crippen LogP contribution in [-0.2, 0) is 14.3 Å². The number of aromatic nitrogens is 2. The van der Waals surface area contributed by atoms with E-state index in [1.165, 1.54) is 19.0 Å². The highest BCUT2D eigenvalue weighted by atomic mass is 16.5. The normalized spacial score (nSPS) is 10.4. The van der Waals surface area contributed by atoms with Crippen molar-refractivity contribution in [1.82, 2.24) is 25.5 Å². The summed E-state index contributed by atoms with van der Waals surface area (Å²) < 4.78 is 4.75. The zero-order valence-electron chi connectivity index (χ0n) is 19.7. The highest BCUT2D eigenvalue weighted by molar-refractivity contribution is 5.96. The lowest BCUT2D eigenvalue weighted by molar-refractivity contribution is -0.150. The van der Waals surface area contributed by atoms with Crippen LogP contribution in [-0.4, -0.2) is 65.8 Å². The van der Waals surface area contributed by atoms with Crippen molar-refractivity contribution in [3.63, 3.8) is 0 Å². The van der Waals surface area contributed by atoms with Gasteiger partial charge in [-0.05, 0) is 11.1 Å². The average molecular weight is 492 g/mol. The molecule has 36 heavy (non-hydrogen) atoms. The lowest BCUT2D eigenvalue weighted by Gasteiger charge is -2.19. The molecule has 3 amide bonds. The van der Waals surface area contributed by atoms with Crippen LogP contribution < -0.4 is 16.2 Å². The van der Waals surface area contributed by atoms with Crippen LogP contribution >= 0.6 is 0 Å². The summed E-state index contributed by atoms with van der Waals surface area (Å²) in [6.45, 7) is -1.01. The van der Waals surface area contributed by atoms with E-state index >= 15 is 0 Å². The summed E-state index contributed by atoms with van der Waals surface area (Å²) in [6, 6.07) is 18.0. The van der Waals surface area contributed by atoms with Crippen LogP contribution in [0.2, 0.25) is 0 Å². The van der Waals surface area contributed by atoms with Crippen molar-refractivity contribution >= 4 is 23.7 Å². The van der Waals surface area contributed by atoms with Gasteiger partial charge in [0.2, 0.25) is 0 Å². The van der Waals surface area contributed by atoms with E-state index in [2.05, 4.69) is 20.6 Å². The number of hydrogen-bond acceptors (Lipinski definition) is 7. The molecule has 0 spiro atoms. The number of rotatable bonds is 9. The molecular weight excluding hydrogens is 466 g/mol. The third-order valence-corrected chi connectivity index (χ3v) is 5.05. The minimum Gasteiger partial charge on any atom is -0.454 e. The van der Waals surface area contributed by atoms with E-state index in [0.29, 0.717) is 0 Å². The maximum Gasteiger partial charge on any atom is 0.325 e. The number of likely N-dealkylation sites (N-methyl/N-ethyl adjacent to an activating group) is 1. The van der Waals surface area contributed by atoms with Crippen molar-refractivity contribution in [3.8, 4) is 0 Å². The first-order valence-electron chi connectivity index (χ1n) is 10.9. The van der Waals surface area contributed by atoms with Gasteiger partial charge < -0.3 is 25.3 Å². The minimum absolute atomic E-state index is 0.287. The summed E-state index contributed by atoms with van der Waals surface area (Å²) >= 11 is 0. The molecule has 0 fully saturated rings. The lowest BCUT2D eigenvalue weighted by Crippen LogP contribution is -2.37. The minimum atomic E-state index is -0.860. The van der Waals surface area contributed by atoms with Crippen LogP contribution in [0.1, 0.15) is 38.1 Å². The second kappa shape index (κ2) is 12.1. The van der Waals surface area contributed by atoms with Crippen molar-refractivity contribution in [1.29, 1.82) is 0 Å². The van der Waals surface area contributed by atoms with E-state index in [-0.39, 0.29) is 5.56 Å². The zero-order valence-corrected chi connectivity index (χ0v) is 19.7. The Morgan fingerprint density at radius 1 is 0.944 bits per heavy atom. The third-order valence-electron chi connectivity index (χ3n) is 5.05. The molecule has 0 atom stereocenters. The summed E-state index contributed by atoms with van der Waals surface area (Å²) in [4.78, 5) is 68.2. The molecule has 3 rings (SSSR count). The van der Waals surface area contributed by atoms with Gasteiger partial charge in [0.25, 0.3) is 23.3 Å². The molecule has 0 aliphatic carbocycles. The molecule has 11 heteroatoms. The highest BCUT2D eigenvalue weighted by Crippen LogP contribution is 2.22. The number of benzene rings is 2. The van der Waals surface area contributed by atoms with Gasteiger partial charge in [0.1, 0.15) is 12.1 Å². The largest absolute Gasteiger partial charge is 0.454 e. The Balaban J connectivity index is 1.66. The quantitative estimate of drug-likeness (QED) is 0.372. The summed E-state index contributed by atoms with van der Waals surface area (Å²) in [5.41, 5.74) is 0.518. The van der Waals surface area contributed by atoms with Gasteiger partial charge in [-0.3, -0.25) is 24.0 Å². The van der Waals surface area contributed by atoms with E-state index in [1.807, 2.05) is 60.7 Å². The SMILES string of the molecule is CN(C)C(=O)COC(=O)CNC(=O)c1ncc(C(=O)NC(c2ccccc2)c2ccccc2)c(=O)[nH]1. The number of carbonyl (C=O) groups is 4. The van der Waals surface area contributed by atoms with Crippen LogP contribution in [0.15, 0.2) is 71.7 Å². The molecule has 1 aromatic heterocycles. The van der Waals surface area contributed by atoms with E-state index in [1.54, 1.807) is 0 Å². The van der Waals surface area contributed by atoms with E-state index in [4.69, 9.17) is 4.74 Å². The number of H-pyrrole nitrogens is 1. The van der Waals surface area contributed by atoms with Crippen molar-refractivity contribution in [2.75, 3.05) is 27.2 Å². The topological polar surface area (TPSA) is 151 Å². The van der Waals surface area contributed by atoms with Crippen LogP contribution in [0.4, 0.5) is 0 Å². The molecule has 3 aromatic rings. The Hall–Kier alpha value is -4.80. The van der Waals surface area contributed by atoms with Gasteiger partial charge in [0.15, 0.2) is 12.4 Å². The molecule has 0 aliphatic rings. The van der Waals surface area contributed by atoms with Crippen LogP contribution in [0.5, 0.6) is 0 Å². The first-order chi connectivity index (χ1) is 17.3. The number of amides is 3. The van der Waals surface area contributed by atoms with Crippen molar-refractivity contribution in [2.45, 2.75) is 6.04 Å². The van der Waals surface area contributed by atoms with E-state index in [9.17, 15) is 24.0 Å². The molecule has 0 bridgehead atoms. The number of hydrogen-bond donors (Lipinski definition) is 3. The molecule has 0 radical (unpaired) electrons. The lowest BCUT2D eigenvalue weighted by atomic mass is 9.98. The first kappa shape index (κ1) is 25.8. The van der Waals surface area contributed by atoms with E-state index in [0.717, 1.165) is 17.3 Å². The zero-order chi connectivity index (χ0) is 26.1. The summed E-state index contributed by atoms with van der Waals surface area (Å²) in [5, 5.41) is 5.07. The number of esters is 1. The predicted molar refractivity (Wildman–Crippen MR) is 129 cm³/mol. The summed E-state index contributed by atoms with van der Waals surface area (Å²) in [5.74, 6) is -3.19. The fourth-order valence-corrected chi connectivity index (χ4v) is 3.09. The van der Waals surface area contributed by atoms with Gasteiger partial charge >= 0.3 is 5.97 Å². The van der Waals surface area contributed by atoms with Crippen molar-refractivity contribution in [3.05, 3.63) is 99.7 Å². The van der Waals surface area contributed by atoms with Gasteiger partial charge in [0, 0.05) is 20.3 Å². The second-order valence-electron chi connectivity index (χ2n) is 7.83. The number of nitrogens with one attached hydrogen (secondary N) is 3. The molecule has 1 heterocycles. The van der Waals surface area contributed by atoms with Crippen molar-refractivity contribution in [2.24, 2.45) is 0 Å². The van der Waals surface area contributed by atoms with E-state index < -0.39 is 54.3 Å². The molecule has 0 aliphatic heterocycles. The van der Waals surface area contributed by atoms with Gasteiger partial charge in [-0.1, -0.05) is 60.7 Å². The third kappa shape index (κ3) is 6.86. The maximum absolute atomic E-state index is 12.9. The molecule has 2 aromatic carbocycles. The smallest absolute Gasteiger partial charge is 0.325 e. The number of carbonyl (C=O) groups excluding carboxylic acids is 4. The van der Waals surface area contributed by atoms with Crippen LogP contribution in [0, 0.1) is 0 Å².